The number of likely N-dealkylation sites (N-methyl/N-ethyl adjacent to an activating group) is 1. The monoisotopic (exact) mass is 452 g/mol. The lowest BCUT2D eigenvalue weighted by atomic mass is 10.0. The number of nitro benzene ring substituents is 1. The molecule has 0 N–H and O–H groups in total. The summed E-state index contributed by atoms with van der Waals surface area (Å²) in [5.74, 6) is 0.420. The third-order valence-electron chi connectivity index (χ3n) is 5.25. The van der Waals surface area contributed by atoms with Crippen LogP contribution >= 0.6 is 11.6 Å². The van der Waals surface area contributed by atoms with E-state index in [9.17, 15) is 14.9 Å². The molecule has 0 radical (unpaired) electrons. The van der Waals surface area contributed by atoms with Crippen LogP contribution in [0.2, 0.25) is 5.02 Å². The van der Waals surface area contributed by atoms with Crippen LogP contribution < -0.4 is 0 Å². The highest BCUT2D eigenvalue weighted by Crippen LogP contribution is 2.33. The number of hydrogen-bond donors (Lipinski definition) is 0. The smallest absolute Gasteiger partial charge is 0.273 e. The van der Waals surface area contributed by atoms with Gasteiger partial charge in [0.25, 0.3) is 11.6 Å². The number of carbonyl (C=O) groups excluding carboxylic acids is 1. The standard InChI is InChI=1S/C23H21ClN4O4/c1-26(14-17-5-2-3-6-20(17)28(30)31)15-23(29)27-21(22-7-4-12-32-22)13-19(25-27)16-8-10-18(24)11-9-16/h2-12,21H,13-15H2,1H3. The lowest BCUT2D eigenvalue weighted by Gasteiger charge is -2.23. The normalized spacial score (nSPS) is 15.8. The van der Waals surface area contributed by atoms with E-state index in [1.165, 1.54) is 11.1 Å². The Bertz CT molecular complexity index is 1150. The van der Waals surface area contributed by atoms with Crippen molar-refractivity contribution in [2.45, 2.75) is 19.0 Å². The summed E-state index contributed by atoms with van der Waals surface area (Å²) in [6.07, 6.45) is 2.08. The van der Waals surface area contributed by atoms with Crippen molar-refractivity contribution < 1.29 is 14.1 Å². The van der Waals surface area contributed by atoms with Gasteiger partial charge in [0, 0.05) is 29.6 Å². The van der Waals surface area contributed by atoms with E-state index in [1.54, 1.807) is 54.6 Å². The number of furan rings is 1. The second kappa shape index (κ2) is 9.33. The van der Waals surface area contributed by atoms with Crippen molar-refractivity contribution in [3.63, 3.8) is 0 Å². The molecule has 0 saturated carbocycles. The van der Waals surface area contributed by atoms with Crippen LogP contribution in [0.15, 0.2) is 76.4 Å². The molecule has 4 rings (SSSR count). The first-order chi connectivity index (χ1) is 15.4. The van der Waals surface area contributed by atoms with Crippen LogP contribution in [0.1, 0.15) is 29.3 Å². The van der Waals surface area contributed by atoms with Crippen molar-refractivity contribution >= 4 is 28.9 Å². The predicted molar refractivity (Wildman–Crippen MR) is 120 cm³/mol. The van der Waals surface area contributed by atoms with E-state index in [0.717, 1.165) is 11.3 Å². The molecule has 164 valence electrons. The summed E-state index contributed by atoms with van der Waals surface area (Å²) in [4.78, 5) is 25.8. The number of halogens is 1. The van der Waals surface area contributed by atoms with E-state index < -0.39 is 4.92 Å². The Kier molecular flexibility index (Phi) is 6.34. The molecule has 1 amide bonds. The zero-order chi connectivity index (χ0) is 22.7. The van der Waals surface area contributed by atoms with Gasteiger partial charge < -0.3 is 4.42 Å². The maximum atomic E-state index is 13.2. The number of nitrogens with zero attached hydrogens (tertiary/aromatic N) is 4. The van der Waals surface area contributed by atoms with Crippen LogP contribution in [0.4, 0.5) is 5.69 Å². The zero-order valence-corrected chi connectivity index (χ0v) is 18.1. The fraction of sp³-hybridized carbons (Fsp3) is 0.217. The molecule has 0 aliphatic carbocycles. The van der Waals surface area contributed by atoms with Gasteiger partial charge in [-0.15, -0.1) is 0 Å². The zero-order valence-electron chi connectivity index (χ0n) is 17.3. The summed E-state index contributed by atoms with van der Waals surface area (Å²) < 4.78 is 5.57. The molecule has 2 aromatic carbocycles. The summed E-state index contributed by atoms with van der Waals surface area (Å²) in [6, 6.07) is 17.1. The molecule has 2 heterocycles. The molecule has 0 bridgehead atoms. The Hall–Kier alpha value is -3.49. The van der Waals surface area contributed by atoms with E-state index in [-0.39, 0.29) is 30.7 Å². The van der Waals surface area contributed by atoms with Crippen molar-refractivity contribution in [1.29, 1.82) is 0 Å². The summed E-state index contributed by atoms with van der Waals surface area (Å²) >= 11 is 5.99. The first-order valence-electron chi connectivity index (χ1n) is 10.0. The Morgan fingerprint density at radius 1 is 1.22 bits per heavy atom. The summed E-state index contributed by atoms with van der Waals surface area (Å²) in [7, 11) is 1.75. The third-order valence-corrected chi connectivity index (χ3v) is 5.50. The molecule has 3 aromatic rings. The number of hydrogen-bond acceptors (Lipinski definition) is 6. The summed E-state index contributed by atoms with van der Waals surface area (Å²) in [5.41, 5.74) is 2.22. The highest BCUT2D eigenvalue weighted by Gasteiger charge is 2.35. The van der Waals surface area contributed by atoms with E-state index in [4.69, 9.17) is 16.0 Å². The minimum Gasteiger partial charge on any atom is -0.467 e. The molecular formula is C23H21ClN4O4. The number of carbonyl (C=O) groups is 1. The van der Waals surface area contributed by atoms with Gasteiger partial charge >= 0.3 is 0 Å². The predicted octanol–water partition coefficient (Wildman–Crippen LogP) is 4.65. The Balaban J connectivity index is 1.53. The topological polar surface area (TPSA) is 92.2 Å². The van der Waals surface area contributed by atoms with Crippen LogP contribution in [0.3, 0.4) is 0 Å². The summed E-state index contributed by atoms with van der Waals surface area (Å²) in [5, 5.41) is 17.9. The third kappa shape index (κ3) is 4.71. The first-order valence-corrected chi connectivity index (χ1v) is 10.4. The average molecular weight is 453 g/mol. The number of nitro groups is 1. The fourth-order valence-corrected chi connectivity index (χ4v) is 3.86. The minimum absolute atomic E-state index is 0.0319. The molecule has 1 aliphatic rings. The Labute approximate surface area is 189 Å². The molecule has 32 heavy (non-hydrogen) atoms. The van der Waals surface area contributed by atoms with E-state index >= 15 is 0 Å². The lowest BCUT2D eigenvalue weighted by molar-refractivity contribution is -0.385. The number of amides is 1. The van der Waals surface area contributed by atoms with Crippen molar-refractivity contribution in [1.82, 2.24) is 9.91 Å². The van der Waals surface area contributed by atoms with Crippen molar-refractivity contribution in [2.24, 2.45) is 5.10 Å². The number of hydrazone groups is 1. The molecule has 0 spiro atoms. The van der Waals surface area contributed by atoms with Crippen LogP contribution in [-0.2, 0) is 11.3 Å². The fourth-order valence-electron chi connectivity index (χ4n) is 3.73. The maximum Gasteiger partial charge on any atom is 0.273 e. The van der Waals surface area contributed by atoms with E-state index in [0.29, 0.717) is 22.8 Å². The average Bonchev–Trinajstić information content (AvgIpc) is 3.44. The van der Waals surface area contributed by atoms with Crippen LogP contribution in [0.5, 0.6) is 0 Å². The quantitative estimate of drug-likeness (QED) is 0.384. The van der Waals surface area contributed by atoms with E-state index in [2.05, 4.69) is 5.10 Å². The highest BCUT2D eigenvalue weighted by molar-refractivity contribution is 6.30. The van der Waals surface area contributed by atoms with Gasteiger partial charge in [-0.2, -0.15) is 5.10 Å². The first kappa shape index (κ1) is 21.7. The van der Waals surface area contributed by atoms with Gasteiger partial charge in [0.2, 0.25) is 0 Å². The van der Waals surface area contributed by atoms with Gasteiger partial charge in [0.15, 0.2) is 0 Å². The minimum atomic E-state index is -0.416. The second-order valence-electron chi connectivity index (χ2n) is 7.59. The van der Waals surface area contributed by atoms with Crippen molar-refractivity contribution in [3.8, 4) is 0 Å². The van der Waals surface area contributed by atoms with Crippen molar-refractivity contribution in [2.75, 3.05) is 13.6 Å². The molecule has 1 unspecified atom stereocenters. The molecular weight excluding hydrogens is 432 g/mol. The maximum absolute atomic E-state index is 13.2. The van der Waals surface area contributed by atoms with Gasteiger partial charge in [0.05, 0.1) is 23.4 Å². The molecule has 0 saturated heterocycles. The summed E-state index contributed by atoms with van der Waals surface area (Å²) in [6.45, 7) is 0.302. The van der Waals surface area contributed by atoms with Crippen LogP contribution in [-0.4, -0.2) is 40.0 Å². The second-order valence-corrected chi connectivity index (χ2v) is 8.02. The Morgan fingerprint density at radius 3 is 2.66 bits per heavy atom. The van der Waals surface area contributed by atoms with Gasteiger partial charge in [-0.1, -0.05) is 41.9 Å². The van der Waals surface area contributed by atoms with Crippen LogP contribution in [0.25, 0.3) is 0 Å². The van der Waals surface area contributed by atoms with Gasteiger partial charge in [-0.25, -0.2) is 5.01 Å². The number of benzene rings is 2. The van der Waals surface area contributed by atoms with Gasteiger partial charge in [-0.05, 0) is 36.9 Å². The molecule has 0 fully saturated rings. The van der Waals surface area contributed by atoms with Crippen LogP contribution in [0, 0.1) is 10.1 Å². The lowest BCUT2D eigenvalue weighted by Crippen LogP contribution is -2.36. The highest BCUT2D eigenvalue weighted by atomic mass is 35.5. The van der Waals surface area contributed by atoms with Crippen molar-refractivity contribution in [3.05, 3.63) is 99.0 Å². The molecule has 9 heteroatoms. The molecule has 1 aromatic heterocycles. The number of rotatable bonds is 7. The number of para-hydroxylation sites is 1. The Morgan fingerprint density at radius 2 is 1.97 bits per heavy atom. The molecule has 8 nitrogen and oxygen atoms in total. The molecule has 1 atom stereocenters. The SMILES string of the molecule is CN(CC(=O)N1N=C(c2ccc(Cl)cc2)CC1c1ccco1)Cc1ccccc1[N+](=O)[O-]. The van der Waals surface area contributed by atoms with Gasteiger partial charge in [0.1, 0.15) is 11.8 Å². The largest absolute Gasteiger partial charge is 0.467 e. The molecule has 1 aliphatic heterocycles. The van der Waals surface area contributed by atoms with E-state index in [1.807, 2.05) is 18.2 Å². The van der Waals surface area contributed by atoms with Gasteiger partial charge in [-0.3, -0.25) is 19.8 Å².